The van der Waals surface area contributed by atoms with Gasteiger partial charge in [0.05, 0.1) is 5.92 Å². The van der Waals surface area contributed by atoms with Crippen LogP contribution in [0.3, 0.4) is 0 Å². The molecule has 33 heavy (non-hydrogen) atoms. The lowest BCUT2D eigenvalue weighted by Gasteiger charge is -2.70. The number of aldehydes is 1. The maximum Gasteiger partial charge on any atom is 0.302 e. The van der Waals surface area contributed by atoms with Gasteiger partial charge in [-0.25, -0.2) is 0 Å². The van der Waals surface area contributed by atoms with E-state index in [1.807, 2.05) is 6.08 Å². The van der Waals surface area contributed by atoms with Crippen LogP contribution >= 0.6 is 0 Å². The Labute approximate surface area is 198 Å². The van der Waals surface area contributed by atoms with E-state index in [-0.39, 0.29) is 46.4 Å². The number of allylic oxidation sites excluding steroid dienone is 2. The zero-order valence-corrected chi connectivity index (χ0v) is 21.3. The van der Waals surface area contributed by atoms with Gasteiger partial charge in [-0.15, -0.1) is 0 Å². The number of hydrogen-bond acceptors (Lipinski definition) is 5. The molecule has 5 nitrogen and oxygen atoms in total. The van der Waals surface area contributed by atoms with Crippen LogP contribution in [0.2, 0.25) is 0 Å². The first-order valence-electron chi connectivity index (χ1n) is 12.8. The van der Waals surface area contributed by atoms with Crippen LogP contribution in [0.5, 0.6) is 0 Å². The molecule has 1 N–H and O–H groups in total. The third-order valence-corrected chi connectivity index (χ3v) is 11.0. The molecule has 0 spiro atoms. The van der Waals surface area contributed by atoms with Gasteiger partial charge < -0.3 is 14.6 Å². The summed E-state index contributed by atoms with van der Waals surface area (Å²) < 4.78 is 6.02. The van der Waals surface area contributed by atoms with Crippen LogP contribution in [-0.2, 0) is 19.1 Å². The summed E-state index contributed by atoms with van der Waals surface area (Å²) in [6, 6.07) is 0. The Balaban J connectivity index is 1.89. The highest BCUT2D eigenvalue weighted by Crippen LogP contribution is 2.73. The topological polar surface area (TPSA) is 80.7 Å². The number of esters is 1. The summed E-state index contributed by atoms with van der Waals surface area (Å²) in [4.78, 5) is 37.2. The maximum absolute atomic E-state index is 12.5. The largest absolute Gasteiger partial charge is 0.462 e. The molecule has 0 aromatic rings. The minimum atomic E-state index is -0.637. The fourth-order valence-corrected chi connectivity index (χ4v) is 9.61. The highest BCUT2D eigenvalue weighted by molar-refractivity contribution is 5.97. The van der Waals surface area contributed by atoms with Crippen LogP contribution in [0.4, 0.5) is 0 Å². The minimum Gasteiger partial charge on any atom is -0.462 e. The molecule has 0 heterocycles. The average Bonchev–Trinajstić information content (AvgIpc) is 2.73. The molecule has 0 saturated heterocycles. The molecule has 3 fully saturated rings. The van der Waals surface area contributed by atoms with Gasteiger partial charge in [0.25, 0.3) is 0 Å². The Hall–Kier alpha value is -1.49. The van der Waals surface area contributed by atoms with E-state index in [0.29, 0.717) is 24.3 Å². The predicted molar refractivity (Wildman–Crippen MR) is 126 cm³/mol. The summed E-state index contributed by atoms with van der Waals surface area (Å²) in [7, 11) is 0. The number of aliphatic hydroxyl groups excluding tert-OH is 1. The van der Waals surface area contributed by atoms with Crippen molar-refractivity contribution in [3.05, 3.63) is 11.6 Å². The van der Waals surface area contributed by atoms with Gasteiger partial charge in [-0.1, -0.05) is 40.2 Å². The van der Waals surface area contributed by atoms with E-state index < -0.39 is 17.4 Å². The molecule has 0 amide bonds. The number of rotatable bonds is 4. The summed E-state index contributed by atoms with van der Waals surface area (Å²) in [6.07, 6.45) is 9.17. The molecule has 4 aliphatic rings. The van der Waals surface area contributed by atoms with Crippen molar-refractivity contribution in [2.45, 2.75) is 92.6 Å². The quantitative estimate of drug-likeness (QED) is 0.479. The van der Waals surface area contributed by atoms with Crippen molar-refractivity contribution in [2.75, 3.05) is 6.61 Å². The molecular weight excluding hydrogens is 416 g/mol. The van der Waals surface area contributed by atoms with E-state index in [1.165, 1.54) is 20.3 Å². The van der Waals surface area contributed by atoms with Gasteiger partial charge in [0, 0.05) is 29.9 Å². The van der Waals surface area contributed by atoms with Crippen molar-refractivity contribution in [3.63, 3.8) is 0 Å². The van der Waals surface area contributed by atoms with Crippen molar-refractivity contribution in [3.8, 4) is 0 Å². The van der Waals surface area contributed by atoms with E-state index in [1.54, 1.807) is 0 Å². The second kappa shape index (κ2) is 8.03. The highest BCUT2D eigenvalue weighted by atomic mass is 16.5. The third-order valence-electron chi connectivity index (χ3n) is 11.0. The molecule has 0 aliphatic heterocycles. The van der Waals surface area contributed by atoms with E-state index in [0.717, 1.165) is 32.0 Å². The van der Waals surface area contributed by atoms with E-state index >= 15 is 0 Å². The molecule has 4 rings (SSSR count). The molecule has 184 valence electrons. The number of carbonyl (C=O) groups excluding carboxylic acids is 3. The molecular formula is C28H42O5. The number of Topliss-reactive ketones (excluding diaryl/α,β-unsaturated/α-hetero) is 1. The Morgan fingerprint density at radius 1 is 1.09 bits per heavy atom. The Morgan fingerprint density at radius 3 is 2.36 bits per heavy atom. The molecule has 0 aromatic carbocycles. The first kappa shape index (κ1) is 24.6. The standard InChI is InChI=1S/C28H42O5/c1-17(31)19-8-9-22-26(5)13-10-21-25(3,4)11-7-12-28(21,16-30)23(26)14-24(33-18(2)32)27(22,6)20(19)15-29/h8,15,20-24,30H,7,9-14,16H2,1-6H3/t20-,21-,22-,23-,24-,26-,27+,28+/m0/s1. The van der Waals surface area contributed by atoms with Gasteiger partial charge in [0.1, 0.15) is 12.4 Å². The average molecular weight is 459 g/mol. The van der Waals surface area contributed by atoms with Gasteiger partial charge in [-0.05, 0) is 74.0 Å². The number of hydrogen-bond donors (Lipinski definition) is 1. The van der Waals surface area contributed by atoms with Gasteiger partial charge in [0.2, 0.25) is 0 Å². The first-order chi connectivity index (χ1) is 15.4. The number of aliphatic hydroxyl groups is 1. The fourth-order valence-electron chi connectivity index (χ4n) is 9.61. The van der Waals surface area contributed by atoms with Crippen molar-refractivity contribution >= 4 is 18.0 Å². The van der Waals surface area contributed by atoms with Crippen molar-refractivity contribution < 1.29 is 24.2 Å². The lowest BCUT2D eigenvalue weighted by molar-refractivity contribution is -0.249. The molecule has 8 atom stereocenters. The lowest BCUT2D eigenvalue weighted by atomic mass is 9.34. The Bertz CT molecular complexity index is 874. The summed E-state index contributed by atoms with van der Waals surface area (Å²) in [5.74, 6) is -0.276. The van der Waals surface area contributed by atoms with Crippen LogP contribution in [-0.4, -0.2) is 35.9 Å². The number of fused-ring (bicyclic) bond motifs is 5. The number of ketones is 1. The predicted octanol–water partition coefficient (Wildman–Crippen LogP) is 4.90. The van der Waals surface area contributed by atoms with Crippen molar-refractivity contribution in [2.24, 2.45) is 45.3 Å². The second-order valence-corrected chi connectivity index (χ2v) is 12.7. The molecule has 4 aliphatic carbocycles. The third kappa shape index (κ3) is 3.31. The van der Waals surface area contributed by atoms with Crippen LogP contribution in [0.25, 0.3) is 0 Å². The SMILES string of the molecule is CC(=O)O[C@H]1C[C@H]2[C@@](C)(CC[C@H]3C(C)(C)CCC[C@@]32CO)[C@@H]2CC=C(C(C)=O)[C@H](C=O)[C@@]12C. The van der Waals surface area contributed by atoms with Crippen molar-refractivity contribution in [1.29, 1.82) is 0 Å². The van der Waals surface area contributed by atoms with Gasteiger partial charge in [0.15, 0.2) is 5.78 Å². The monoisotopic (exact) mass is 458 g/mol. The smallest absolute Gasteiger partial charge is 0.302 e. The van der Waals surface area contributed by atoms with Crippen LogP contribution in [0, 0.1) is 45.3 Å². The van der Waals surface area contributed by atoms with Crippen LogP contribution in [0.15, 0.2) is 11.6 Å². The minimum absolute atomic E-state index is 0.0785. The summed E-state index contributed by atoms with van der Waals surface area (Å²) in [6.45, 7) is 12.2. The number of carbonyl (C=O) groups is 3. The first-order valence-corrected chi connectivity index (χ1v) is 12.8. The lowest BCUT2D eigenvalue weighted by Crippen LogP contribution is -2.68. The highest BCUT2D eigenvalue weighted by Gasteiger charge is 2.70. The van der Waals surface area contributed by atoms with Gasteiger partial charge in [-0.3, -0.25) is 9.59 Å². The normalized spacial score (nSPS) is 46.2. The Morgan fingerprint density at radius 2 is 1.79 bits per heavy atom. The molecule has 5 heteroatoms. The van der Waals surface area contributed by atoms with Gasteiger partial charge >= 0.3 is 5.97 Å². The summed E-state index contributed by atoms with van der Waals surface area (Å²) in [5, 5.41) is 11.0. The van der Waals surface area contributed by atoms with E-state index in [2.05, 4.69) is 27.7 Å². The second-order valence-electron chi connectivity index (χ2n) is 12.7. The van der Waals surface area contributed by atoms with Crippen LogP contribution in [0.1, 0.15) is 86.5 Å². The molecule has 0 aromatic heterocycles. The Kier molecular flexibility index (Phi) is 6.00. The molecule has 3 saturated carbocycles. The van der Waals surface area contributed by atoms with E-state index in [9.17, 15) is 19.5 Å². The van der Waals surface area contributed by atoms with E-state index in [4.69, 9.17) is 4.74 Å². The molecule has 0 radical (unpaired) electrons. The summed E-state index contributed by atoms with van der Waals surface area (Å²) in [5.41, 5.74) is -0.206. The van der Waals surface area contributed by atoms with Gasteiger partial charge in [-0.2, -0.15) is 0 Å². The zero-order valence-electron chi connectivity index (χ0n) is 21.3. The summed E-state index contributed by atoms with van der Waals surface area (Å²) >= 11 is 0. The molecule has 0 unspecified atom stereocenters. The van der Waals surface area contributed by atoms with Crippen molar-refractivity contribution in [1.82, 2.24) is 0 Å². The maximum atomic E-state index is 12.5. The molecule has 0 bridgehead atoms. The zero-order chi connectivity index (χ0) is 24.4. The number of ether oxygens (including phenoxy) is 1. The van der Waals surface area contributed by atoms with Crippen LogP contribution < -0.4 is 0 Å². The fraction of sp³-hybridized carbons (Fsp3) is 0.821.